The summed E-state index contributed by atoms with van der Waals surface area (Å²) in [5, 5.41) is 14.6. The number of rotatable bonds is 10. The van der Waals surface area contributed by atoms with Crippen molar-refractivity contribution < 1.29 is 28.7 Å². The summed E-state index contributed by atoms with van der Waals surface area (Å²) in [5.41, 5.74) is 1.60. The van der Waals surface area contributed by atoms with Crippen molar-refractivity contribution >= 4 is 29.4 Å². The van der Waals surface area contributed by atoms with Gasteiger partial charge in [-0.2, -0.15) is 0 Å². The number of carbonyl (C=O) groups is 2. The number of hydrogen-bond donors (Lipinski definition) is 1. The number of ether oxygens (including phenoxy) is 3. The lowest BCUT2D eigenvalue weighted by atomic mass is 9.80. The number of methoxy groups -OCH3 is 1. The van der Waals surface area contributed by atoms with Gasteiger partial charge in [0.25, 0.3) is 5.69 Å². The number of esters is 2. The molecule has 0 radical (unpaired) electrons. The third-order valence-electron chi connectivity index (χ3n) is 5.15. The molecule has 184 valence electrons. The summed E-state index contributed by atoms with van der Waals surface area (Å²) in [7, 11) is 1.24. The van der Waals surface area contributed by atoms with Crippen molar-refractivity contribution in [1.82, 2.24) is 10.3 Å². The molecule has 0 spiro atoms. The molecule has 0 fully saturated rings. The molecule has 0 amide bonds. The fourth-order valence-electron chi connectivity index (χ4n) is 3.68. The maximum absolute atomic E-state index is 13.2. The van der Waals surface area contributed by atoms with E-state index in [0.29, 0.717) is 28.5 Å². The molecule has 0 saturated heterocycles. The number of benzene rings is 1. The summed E-state index contributed by atoms with van der Waals surface area (Å²) >= 11 is 1.39. The molecular formula is C24H25N3O7S. The van der Waals surface area contributed by atoms with Gasteiger partial charge >= 0.3 is 11.9 Å². The van der Waals surface area contributed by atoms with Crippen LogP contribution in [0.2, 0.25) is 0 Å². The van der Waals surface area contributed by atoms with Crippen LogP contribution in [0.3, 0.4) is 0 Å². The highest BCUT2D eigenvalue weighted by atomic mass is 32.2. The standard InChI is InChI=1S/C24H25N3O7S/c1-4-33-24(29)22-19(13-35-14-34-18-9-6-10-25-12-18)26-15(2)20(23(28)32-3)21(22)16-7-5-8-17(11-16)27(30)31/h5-12,21,26H,4,13-14H2,1-3H3. The van der Waals surface area contributed by atoms with Gasteiger partial charge in [-0.1, -0.05) is 12.1 Å². The summed E-state index contributed by atoms with van der Waals surface area (Å²) in [6.07, 6.45) is 3.24. The van der Waals surface area contributed by atoms with Gasteiger partial charge in [0.2, 0.25) is 0 Å². The number of aromatic nitrogens is 1. The number of nitro benzene ring substituents is 1. The van der Waals surface area contributed by atoms with Crippen LogP contribution in [0.25, 0.3) is 0 Å². The van der Waals surface area contributed by atoms with Crippen LogP contribution < -0.4 is 10.1 Å². The first-order valence-corrected chi connectivity index (χ1v) is 11.8. The lowest BCUT2D eigenvalue weighted by Gasteiger charge is -2.31. The third kappa shape index (κ3) is 6.18. The highest BCUT2D eigenvalue weighted by Gasteiger charge is 2.39. The normalized spacial score (nSPS) is 15.3. The molecular weight excluding hydrogens is 474 g/mol. The quantitative estimate of drug-likeness (QED) is 0.170. The number of carbonyl (C=O) groups excluding carboxylic acids is 2. The van der Waals surface area contributed by atoms with Crippen LogP contribution in [0.4, 0.5) is 5.69 Å². The van der Waals surface area contributed by atoms with E-state index >= 15 is 0 Å². The van der Waals surface area contributed by atoms with Crippen LogP contribution in [-0.4, -0.2) is 47.3 Å². The molecule has 0 saturated carbocycles. The molecule has 1 N–H and O–H groups in total. The zero-order valence-corrected chi connectivity index (χ0v) is 20.3. The van der Waals surface area contributed by atoms with Gasteiger partial charge in [-0.05, 0) is 31.5 Å². The minimum absolute atomic E-state index is 0.116. The minimum atomic E-state index is -0.919. The second kappa shape index (κ2) is 12.0. The number of hydrogen-bond acceptors (Lipinski definition) is 10. The molecule has 0 aliphatic carbocycles. The van der Waals surface area contributed by atoms with E-state index in [9.17, 15) is 19.7 Å². The minimum Gasteiger partial charge on any atom is -0.481 e. The fourth-order valence-corrected chi connectivity index (χ4v) is 4.41. The Kier molecular flexibility index (Phi) is 8.85. The average molecular weight is 500 g/mol. The molecule has 1 aromatic heterocycles. The highest BCUT2D eigenvalue weighted by molar-refractivity contribution is 7.99. The smallest absolute Gasteiger partial charge is 0.336 e. The first-order chi connectivity index (χ1) is 16.9. The molecule has 1 atom stereocenters. The van der Waals surface area contributed by atoms with Gasteiger partial charge in [0, 0.05) is 35.5 Å². The predicted octanol–water partition coefficient (Wildman–Crippen LogP) is 3.71. The Morgan fingerprint density at radius 2 is 2.00 bits per heavy atom. The van der Waals surface area contributed by atoms with Crippen LogP contribution in [0.5, 0.6) is 5.75 Å². The SMILES string of the molecule is CCOC(=O)C1=C(CSCOc2cccnc2)NC(C)=C(C(=O)OC)C1c1cccc([N+](=O)[O-])c1. The zero-order valence-electron chi connectivity index (χ0n) is 19.5. The Hall–Kier alpha value is -3.86. The van der Waals surface area contributed by atoms with E-state index in [1.54, 1.807) is 44.4 Å². The number of pyridine rings is 1. The lowest BCUT2D eigenvalue weighted by molar-refractivity contribution is -0.384. The second-order valence-corrected chi connectivity index (χ2v) is 8.29. The van der Waals surface area contributed by atoms with Crippen molar-refractivity contribution in [3.8, 4) is 5.75 Å². The number of nitrogens with one attached hydrogen (secondary N) is 1. The Morgan fingerprint density at radius 3 is 2.66 bits per heavy atom. The summed E-state index contributed by atoms with van der Waals surface area (Å²) in [5.74, 6) is -0.992. The van der Waals surface area contributed by atoms with Crippen LogP contribution >= 0.6 is 11.8 Å². The van der Waals surface area contributed by atoms with Gasteiger partial charge < -0.3 is 19.5 Å². The first-order valence-electron chi connectivity index (χ1n) is 10.7. The lowest BCUT2D eigenvalue weighted by Crippen LogP contribution is -2.34. The maximum Gasteiger partial charge on any atom is 0.336 e. The summed E-state index contributed by atoms with van der Waals surface area (Å²) in [6, 6.07) is 9.38. The topological polar surface area (TPSA) is 130 Å². The Morgan fingerprint density at radius 1 is 1.20 bits per heavy atom. The molecule has 0 bridgehead atoms. The summed E-state index contributed by atoms with van der Waals surface area (Å²) in [4.78, 5) is 40.8. The van der Waals surface area contributed by atoms with Gasteiger partial charge in [0.15, 0.2) is 0 Å². The molecule has 11 heteroatoms. The Labute approximate surface area is 206 Å². The van der Waals surface area contributed by atoms with E-state index in [-0.39, 0.29) is 29.4 Å². The number of nitrogens with zero attached hydrogens (tertiary/aromatic N) is 2. The van der Waals surface area contributed by atoms with E-state index in [0.717, 1.165) is 0 Å². The molecule has 2 heterocycles. The average Bonchev–Trinajstić information content (AvgIpc) is 2.86. The van der Waals surface area contributed by atoms with Crippen LogP contribution in [0.15, 0.2) is 71.3 Å². The van der Waals surface area contributed by atoms with Crippen molar-refractivity contribution in [2.24, 2.45) is 0 Å². The molecule has 1 aliphatic heterocycles. The zero-order chi connectivity index (χ0) is 25.4. The van der Waals surface area contributed by atoms with Gasteiger partial charge in [-0.3, -0.25) is 15.1 Å². The summed E-state index contributed by atoms with van der Waals surface area (Å²) in [6.45, 7) is 3.48. The number of dihydropyridines is 1. The van der Waals surface area contributed by atoms with Crippen LogP contribution in [-0.2, 0) is 19.1 Å². The predicted molar refractivity (Wildman–Crippen MR) is 130 cm³/mol. The van der Waals surface area contributed by atoms with E-state index in [1.165, 1.54) is 37.1 Å². The van der Waals surface area contributed by atoms with Crippen LogP contribution in [0.1, 0.15) is 25.3 Å². The molecule has 1 aliphatic rings. The van der Waals surface area contributed by atoms with E-state index in [4.69, 9.17) is 14.2 Å². The highest BCUT2D eigenvalue weighted by Crippen LogP contribution is 2.40. The van der Waals surface area contributed by atoms with Crippen molar-refractivity contribution in [1.29, 1.82) is 0 Å². The summed E-state index contributed by atoms with van der Waals surface area (Å²) < 4.78 is 16.0. The van der Waals surface area contributed by atoms with Crippen molar-refractivity contribution in [3.05, 3.63) is 87.0 Å². The number of non-ortho nitro benzene ring substituents is 1. The Bertz CT molecular complexity index is 1160. The van der Waals surface area contributed by atoms with Crippen molar-refractivity contribution in [3.63, 3.8) is 0 Å². The number of nitro groups is 1. The molecule has 1 unspecified atom stereocenters. The third-order valence-corrected chi connectivity index (χ3v) is 5.93. The molecule has 3 rings (SSSR count). The maximum atomic E-state index is 13.2. The van der Waals surface area contributed by atoms with Crippen molar-refractivity contribution in [2.75, 3.05) is 25.4 Å². The second-order valence-electron chi connectivity index (χ2n) is 7.35. The number of allylic oxidation sites excluding steroid dienone is 1. The molecule has 1 aromatic carbocycles. The first kappa shape index (κ1) is 25.8. The van der Waals surface area contributed by atoms with Crippen LogP contribution in [0, 0.1) is 10.1 Å². The monoisotopic (exact) mass is 499 g/mol. The molecule has 2 aromatic rings. The number of thioether (sulfide) groups is 1. The van der Waals surface area contributed by atoms with E-state index < -0.39 is 22.8 Å². The largest absolute Gasteiger partial charge is 0.481 e. The van der Waals surface area contributed by atoms with Gasteiger partial charge in [-0.25, -0.2) is 9.59 Å². The molecule has 10 nitrogen and oxygen atoms in total. The van der Waals surface area contributed by atoms with Gasteiger partial charge in [-0.15, -0.1) is 11.8 Å². The Balaban J connectivity index is 2.01. The van der Waals surface area contributed by atoms with E-state index in [2.05, 4.69) is 10.3 Å². The molecule has 35 heavy (non-hydrogen) atoms. The van der Waals surface area contributed by atoms with E-state index in [1.807, 2.05) is 0 Å². The van der Waals surface area contributed by atoms with Crippen molar-refractivity contribution in [2.45, 2.75) is 19.8 Å². The van der Waals surface area contributed by atoms with Gasteiger partial charge in [0.05, 0.1) is 41.9 Å². The van der Waals surface area contributed by atoms with Gasteiger partial charge in [0.1, 0.15) is 11.7 Å². The fraction of sp³-hybridized carbons (Fsp3) is 0.292.